The van der Waals surface area contributed by atoms with Crippen LogP contribution < -0.4 is 0 Å². The molecule has 3 heteroatoms. The maximum Gasteiger partial charge on any atom is 0.221 e. The van der Waals surface area contributed by atoms with Gasteiger partial charge in [0.1, 0.15) is 0 Å². The van der Waals surface area contributed by atoms with Crippen molar-refractivity contribution in [3.63, 3.8) is 0 Å². The first-order chi connectivity index (χ1) is 10.2. The van der Waals surface area contributed by atoms with E-state index in [1.807, 2.05) is 32.9 Å². The van der Waals surface area contributed by atoms with Crippen LogP contribution in [0.2, 0.25) is 0 Å². The van der Waals surface area contributed by atoms with Gasteiger partial charge in [-0.2, -0.15) is 0 Å². The lowest BCUT2D eigenvalue weighted by Gasteiger charge is -2.20. The van der Waals surface area contributed by atoms with Crippen LogP contribution in [0.5, 0.6) is 0 Å². The summed E-state index contributed by atoms with van der Waals surface area (Å²) in [6.45, 7) is 12.3. The van der Waals surface area contributed by atoms with E-state index in [4.69, 9.17) is 0 Å². The Labute approximate surface area is 136 Å². The lowest BCUT2D eigenvalue weighted by Crippen LogP contribution is -2.12. The molecule has 0 aliphatic carbocycles. The molecule has 1 unspecified atom stereocenters. The number of carbonyl (C=O) groups excluding carboxylic acids is 1. The van der Waals surface area contributed by atoms with Crippen molar-refractivity contribution in [1.82, 2.24) is 0 Å². The van der Waals surface area contributed by atoms with Gasteiger partial charge in [-0.1, -0.05) is 44.9 Å². The summed E-state index contributed by atoms with van der Waals surface area (Å²) in [7, 11) is -2.81. The zero-order chi connectivity index (χ0) is 16.9. The van der Waals surface area contributed by atoms with E-state index in [1.54, 1.807) is 0 Å². The maximum absolute atomic E-state index is 13.4. The van der Waals surface area contributed by atoms with Gasteiger partial charge in [-0.3, -0.25) is 4.79 Å². The minimum Gasteiger partial charge on any atom is -0.315 e. The average molecular weight is 322 g/mol. The van der Waals surface area contributed by atoms with Gasteiger partial charge in [-0.25, -0.2) is 0 Å². The van der Waals surface area contributed by atoms with Crippen LogP contribution in [0.3, 0.4) is 0 Å². The van der Waals surface area contributed by atoms with Crippen LogP contribution >= 0.6 is 7.14 Å². The van der Waals surface area contributed by atoms with E-state index >= 15 is 0 Å². The van der Waals surface area contributed by atoms with Gasteiger partial charge in [-0.15, -0.1) is 0 Å². The number of carbonyl (C=O) groups is 1. The Kier molecular flexibility index (Phi) is 7.06. The van der Waals surface area contributed by atoms with Gasteiger partial charge in [0.25, 0.3) is 0 Å². The van der Waals surface area contributed by atoms with Crippen molar-refractivity contribution in [2.45, 2.75) is 60.8 Å². The van der Waals surface area contributed by atoms with Gasteiger partial charge in [0.05, 0.1) is 0 Å². The molecule has 22 heavy (non-hydrogen) atoms. The fourth-order valence-corrected chi connectivity index (χ4v) is 6.07. The normalized spacial score (nSPS) is 14.1. The van der Waals surface area contributed by atoms with E-state index in [0.29, 0.717) is 23.8 Å². The standard InChI is InChI=1S/C19H31O2P/c1-7-8-10-22(21,11-9-14(2)3)19(20)18-16(5)12-15(4)13-17(18)6/h12-14H,7-11H2,1-6H3. The molecule has 0 fully saturated rings. The van der Waals surface area contributed by atoms with Crippen LogP contribution in [0.1, 0.15) is 67.1 Å². The minimum absolute atomic E-state index is 0.0865. The Morgan fingerprint density at radius 2 is 1.64 bits per heavy atom. The third-order valence-corrected chi connectivity index (χ3v) is 7.18. The Morgan fingerprint density at radius 3 is 2.09 bits per heavy atom. The first kappa shape index (κ1) is 19.2. The predicted octanol–water partition coefficient (Wildman–Crippen LogP) is 5.96. The fraction of sp³-hybridized carbons (Fsp3) is 0.632. The van der Waals surface area contributed by atoms with Gasteiger partial charge in [0.2, 0.25) is 5.52 Å². The summed E-state index contributed by atoms with van der Waals surface area (Å²) in [6.07, 6.45) is 3.81. The van der Waals surface area contributed by atoms with Gasteiger partial charge in [0, 0.05) is 17.9 Å². The first-order valence-corrected chi connectivity index (χ1v) is 10.5. The highest BCUT2D eigenvalue weighted by atomic mass is 31.2. The van der Waals surface area contributed by atoms with Gasteiger partial charge >= 0.3 is 0 Å². The molecule has 0 aliphatic heterocycles. The second-order valence-electron chi connectivity index (χ2n) is 6.95. The van der Waals surface area contributed by atoms with Crippen molar-refractivity contribution in [3.05, 3.63) is 34.4 Å². The highest BCUT2D eigenvalue weighted by Crippen LogP contribution is 2.51. The summed E-state index contributed by atoms with van der Waals surface area (Å²) in [5.41, 5.74) is 3.69. The molecule has 0 saturated heterocycles. The van der Waals surface area contributed by atoms with Crippen molar-refractivity contribution in [1.29, 1.82) is 0 Å². The highest BCUT2D eigenvalue weighted by Gasteiger charge is 2.33. The molecule has 0 spiro atoms. The molecule has 1 aromatic rings. The van der Waals surface area contributed by atoms with Crippen molar-refractivity contribution < 1.29 is 9.36 Å². The molecule has 2 nitrogen and oxygen atoms in total. The van der Waals surface area contributed by atoms with Crippen molar-refractivity contribution in [3.8, 4) is 0 Å². The monoisotopic (exact) mass is 322 g/mol. The summed E-state index contributed by atoms with van der Waals surface area (Å²) in [6, 6.07) is 4.04. The van der Waals surface area contributed by atoms with Crippen LogP contribution in [0, 0.1) is 26.7 Å². The van der Waals surface area contributed by atoms with E-state index in [1.165, 1.54) is 0 Å². The Hall–Kier alpha value is -0.880. The molecular weight excluding hydrogens is 291 g/mol. The zero-order valence-corrected chi connectivity index (χ0v) is 15.9. The molecule has 0 bridgehead atoms. The van der Waals surface area contributed by atoms with E-state index in [-0.39, 0.29) is 5.52 Å². The molecule has 1 rings (SSSR count). The molecule has 1 aromatic carbocycles. The Morgan fingerprint density at radius 1 is 1.09 bits per heavy atom. The SMILES string of the molecule is CCCCP(=O)(CCC(C)C)C(=O)c1c(C)cc(C)cc1C. The van der Waals surface area contributed by atoms with Crippen LogP contribution in [0.15, 0.2) is 12.1 Å². The van der Waals surface area contributed by atoms with Crippen LogP contribution in [0.25, 0.3) is 0 Å². The third kappa shape index (κ3) is 4.81. The molecule has 0 heterocycles. The van der Waals surface area contributed by atoms with E-state index in [2.05, 4.69) is 20.8 Å². The number of aryl methyl sites for hydroxylation is 3. The summed E-state index contributed by atoms with van der Waals surface area (Å²) < 4.78 is 13.4. The topological polar surface area (TPSA) is 34.1 Å². The number of benzene rings is 1. The molecule has 124 valence electrons. The molecule has 0 aromatic heterocycles. The highest BCUT2D eigenvalue weighted by molar-refractivity contribution is 7.81. The van der Waals surface area contributed by atoms with Crippen LogP contribution in [-0.2, 0) is 4.57 Å². The van der Waals surface area contributed by atoms with Crippen molar-refractivity contribution in [2.75, 3.05) is 12.3 Å². The Balaban J connectivity index is 3.19. The van der Waals surface area contributed by atoms with Gasteiger partial charge < -0.3 is 4.57 Å². The lowest BCUT2D eigenvalue weighted by molar-refractivity contribution is 0.107. The largest absolute Gasteiger partial charge is 0.315 e. The molecule has 0 N–H and O–H groups in total. The Bertz CT molecular complexity index is 550. The second-order valence-corrected chi connectivity index (χ2v) is 10.0. The predicted molar refractivity (Wildman–Crippen MR) is 96.7 cm³/mol. The van der Waals surface area contributed by atoms with Crippen LogP contribution in [-0.4, -0.2) is 17.8 Å². The molecule has 0 aliphatic rings. The average Bonchev–Trinajstić information content (AvgIpc) is 2.41. The van der Waals surface area contributed by atoms with Crippen molar-refractivity contribution >= 4 is 12.7 Å². The van der Waals surface area contributed by atoms with E-state index in [9.17, 15) is 9.36 Å². The number of hydrogen-bond donors (Lipinski definition) is 0. The zero-order valence-electron chi connectivity index (χ0n) is 15.0. The maximum atomic E-state index is 13.4. The quantitative estimate of drug-likeness (QED) is 0.553. The minimum atomic E-state index is -2.81. The van der Waals surface area contributed by atoms with Crippen LogP contribution in [0.4, 0.5) is 0 Å². The molecular formula is C19H31O2P. The molecule has 1 atom stereocenters. The fourth-order valence-electron chi connectivity index (χ4n) is 2.92. The van der Waals surface area contributed by atoms with E-state index < -0.39 is 7.14 Å². The second kappa shape index (κ2) is 8.11. The lowest BCUT2D eigenvalue weighted by atomic mass is 10.0. The first-order valence-electron chi connectivity index (χ1n) is 8.42. The summed E-state index contributed by atoms with van der Waals surface area (Å²) in [5.74, 6) is 0.475. The number of rotatable bonds is 8. The number of hydrogen-bond acceptors (Lipinski definition) is 2. The van der Waals surface area contributed by atoms with Crippen molar-refractivity contribution in [2.24, 2.45) is 5.92 Å². The smallest absolute Gasteiger partial charge is 0.221 e. The summed E-state index contributed by atoms with van der Waals surface area (Å²) >= 11 is 0. The van der Waals surface area contributed by atoms with E-state index in [0.717, 1.165) is 36.0 Å². The summed E-state index contributed by atoms with van der Waals surface area (Å²) in [4.78, 5) is 13.1. The van der Waals surface area contributed by atoms with Gasteiger partial charge in [0.15, 0.2) is 7.14 Å². The molecule has 0 radical (unpaired) electrons. The summed E-state index contributed by atoms with van der Waals surface area (Å²) in [5, 5.41) is 0. The number of unbranched alkanes of at least 4 members (excludes halogenated alkanes) is 1. The molecule has 0 amide bonds. The molecule has 0 saturated carbocycles. The van der Waals surface area contributed by atoms with Gasteiger partial charge in [-0.05, 0) is 50.7 Å². The third-order valence-electron chi connectivity index (χ3n) is 4.20.